The molecule has 0 radical (unpaired) electrons. The molecule has 0 fully saturated rings. The Hall–Kier alpha value is -2.10. The highest BCUT2D eigenvalue weighted by Gasteiger charge is 2.35. The lowest BCUT2D eigenvalue weighted by Crippen LogP contribution is -2.39. The Bertz CT molecular complexity index is 548. The van der Waals surface area contributed by atoms with E-state index in [1.54, 1.807) is 11.9 Å². The summed E-state index contributed by atoms with van der Waals surface area (Å²) in [6.07, 6.45) is 4.70. The van der Waals surface area contributed by atoms with Crippen molar-refractivity contribution in [2.75, 3.05) is 7.05 Å². The van der Waals surface area contributed by atoms with Crippen LogP contribution in [0.1, 0.15) is 24.0 Å². The van der Waals surface area contributed by atoms with Crippen molar-refractivity contribution in [3.63, 3.8) is 0 Å². The van der Waals surface area contributed by atoms with Crippen molar-refractivity contribution in [3.8, 4) is 0 Å². The Kier molecular flexibility index (Phi) is 4.78. The molecule has 1 aliphatic rings. The first-order chi connectivity index (χ1) is 9.99. The number of carboxylic acids is 1. The molecule has 1 N–H and O–H groups in total. The largest absolute Gasteiger partial charge is 0.481 e. The highest BCUT2D eigenvalue weighted by molar-refractivity contribution is 5.85. The Labute approximate surface area is 125 Å². The van der Waals surface area contributed by atoms with E-state index in [1.165, 1.54) is 5.56 Å². The normalized spacial score (nSPS) is 21.0. The van der Waals surface area contributed by atoms with Crippen molar-refractivity contribution in [2.45, 2.75) is 26.3 Å². The average molecular weight is 287 g/mol. The van der Waals surface area contributed by atoms with Crippen LogP contribution < -0.4 is 0 Å². The lowest BCUT2D eigenvalue weighted by atomic mass is 9.82. The fourth-order valence-electron chi connectivity index (χ4n) is 2.69. The molecule has 0 saturated carbocycles. The molecule has 0 aliphatic heterocycles. The Balaban J connectivity index is 2.05. The van der Waals surface area contributed by atoms with Gasteiger partial charge in [0.15, 0.2) is 0 Å². The van der Waals surface area contributed by atoms with E-state index < -0.39 is 17.8 Å². The van der Waals surface area contributed by atoms with Gasteiger partial charge in [-0.05, 0) is 25.3 Å². The van der Waals surface area contributed by atoms with E-state index in [1.807, 2.05) is 43.3 Å². The summed E-state index contributed by atoms with van der Waals surface area (Å²) in [5.74, 6) is -2.04. The van der Waals surface area contributed by atoms with Crippen molar-refractivity contribution in [1.82, 2.24) is 4.90 Å². The first-order valence-corrected chi connectivity index (χ1v) is 7.17. The number of rotatable bonds is 4. The molecule has 1 aromatic rings. The minimum atomic E-state index is -0.888. The summed E-state index contributed by atoms with van der Waals surface area (Å²) in [5.41, 5.74) is 2.23. The van der Waals surface area contributed by atoms with E-state index in [0.29, 0.717) is 19.4 Å². The van der Waals surface area contributed by atoms with Gasteiger partial charge in [0.25, 0.3) is 0 Å². The van der Waals surface area contributed by atoms with Gasteiger partial charge >= 0.3 is 5.97 Å². The summed E-state index contributed by atoms with van der Waals surface area (Å²) in [4.78, 5) is 25.4. The fourth-order valence-corrected chi connectivity index (χ4v) is 2.69. The maximum absolute atomic E-state index is 12.5. The number of aryl methyl sites for hydroxylation is 1. The van der Waals surface area contributed by atoms with Crippen LogP contribution in [0.2, 0.25) is 0 Å². The summed E-state index contributed by atoms with van der Waals surface area (Å²) in [5, 5.41) is 9.25. The number of carbonyl (C=O) groups is 2. The SMILES string of the molecule is Cc1ccc(CN(C)C(=O)[C@@H]2CC=CC[C@@H]2C(=O)O)cc1. The van der Waals surface area contributed by atoms with Gasteiger partial charge in [0, 0.05) is 13.6 Å². The van der Waals surface area contributed by atoms with Gasteiger partial charge in [-0.3, -0.25) is 9.59 Å². The number of aliphatic carboxylic acids is 1. The molecule has 112 valence electrons. The number of amides is 1. The van der Waals surface area contributed by atoms with Gasteiger partial charge < -0.3 is 10.0 Å². The lowest BCUT2D eigenvalue weighted by Gasteiger charge is -2.28. The number of hydrogen-bond acceptors (Lipinski definition) is 2. The zero-order valence-corrected chi connectivity index (χ0v) is 12.5. The van der Waals surface area contributed by atoms with Crippen LogP contribution in [0.4, 0.5) is 0 Å². The lowest BCUT2D eigenvalue weighted by molar-refractivity contribution is -0.150. The number of allylic oxidation sites excluding steroid dienone is 2. The molecule has 2 rings (SSSR count). The van der Waals surface area contributed by atoms with Crippen LogP contribution in [0.25, 0.3) is 0 Å². The van der Waals surface area contributed by atoms with Crippen molar-refractivity contribution in [1.29, 1.82) is 0 Å². The molecule has 4 heteroatoms. The Morgan fingerprint density at radius 2 is 1.71 bits per heavy atom. The van der Waals surface area contributed by atoms with Gasteiger partial charge in [0.05, 0.1) is 11.8 Å². The molecule has 21 heavy (non-hydrogen) atoms. The summed E-state index contributed by atoms with van der Waals surface area (Å²) < 4.78 is 0. The average Bonchev–Trinajstić information content (AvgIpc) is 2.48. The van der Waals surface area contributed by atoms with Gasteiger partial charge in [0.1, 0.15) is 0 Å². The third-order valence-corrected chi connectivity index (χ3v) is 3.98. The van der Waals surface area contributed by atoms with Gasteiger partial charge in [-0.2, -0.15) is 0 Å². The monoisotopic (exact) mass is 287 g/mol. The number of nitrogens with zero attached hydrogens (tertiary/aromatic N) is 1. The van der Waals surface area contributed by atoms with Crippen molar-refractivity contribution in [3.05, 3.63) is 47.5 Å². The fraction of sp³-hybridized carbons (Fsp3) is 0.412. The smallest absolute Gasteiger partial charge is 0.307 e. The van der Waals surface area contributed by atoms with Crippen LogP contribution in [-0.2, 0) is 16.1 Å². The Morgan fingerprint density at radius 1 is 1.14 bits per heavy atom. The van der Waals surface area contributed by atoms with E-state index in [9.17, 15) is 14.7 Å². The molecule has 1 aliphatic carbocycles. The topological polar surface area (TPSA) is 57.6 Å². The van der Waals surface area contributed by atoms with E-state index in [-0.39, 0.29) is 5.91 Å². The minimum absolute atomic E-state index is 0.0904. The summed E-state index contributed by atoms with van der Waals surface area (Å²) in [6.45, 7) is 2.52. The molecule has 0 unspecified atom stereocenters. The van der Waals surface area contributed by atoms with Crippen molar-refractivity contribution in [2.24, 2.45) is 11.8 Å². The van der Waals surface area contributed by atoms with Crippen LogP contribution in [0, 0.1) is 18.8 Å². The zero-order valence-electron chi connectivity index (χ0n) is 12.5. The van der Waals surface area contributed by atoms with Crippen LogP contribution in [0.15, 0.2) is 36.4 Å². The van der Waals surface area contributed by atoms with Crippen molar-refractivity contribution < 1.29 is 14.7 Å². The maximum Gasteiger partial charge on any atom is 0.307 e. The molecule has 4 nitrogen and oxygen atoms in total. The van der Waals surface area contributed by atoms with Gasteiger partial charge in [0.2, 0.25) is 5.91 Å². The first-order valence-electron chi connectivity index (χ1n) is 7.17. The molecule has 0 aromatic heterocycles. The first kappa shape index (κ1) is 15.3. The Morgan fingerprint density at radius 3 is 2.29 bits per heavy atom. The quantitative estimate of drug-likeness (QED) is 0.866. The number of hydrogen-bond donors (Lipinski definition) is 1. The number of carboxylic acid groups (broad SMARTS) is 1. The molecule has 0 saturated heterocycles. The summed E-state index contributed by atoms with van der Waals surface area (Å²) >= 11 is 0. The summed E-state index contributed by atoms with van der Waals surface area (Å²) in [6, 6.07) is 8.01. The van der Waals surface area contributed by atoms with Crippen LogP contribution in [-0.4, -0.2) is 28.9 Å². The zero-order chi connectivity index (χ0) is 15.4. The van der Waals surface area contributed by atoms with Gasteiger partial charge in [-0.15, -0.1) is 0 Å². The molecule has 2 atom stereocenters. The van der Waals surface area contributed by atoms with Crippen LogP contribution in [0.3, 0.4) is 0 Å². The van der Waals surface area contributed by atoms with Crippen molar-refractivity contribution >= 4 is 11.9 Å². The van der Waals surface area contributed by atoms with E-state index in [4.69, 9.17) is 0 Å². The molecular weight excluding hydrogens is 266 g/mol. The molecule has 1 amide bonds. The van der Waals surface area contributed by atoms with E-state index >= 15 is 0 Å². The maximum atomic E-state index is 12.5. The molecule has 0 spiro atoms. The highest BCUT2D eigenvalue weighted by Crippen LogP contribution is 2.27. The summed E-state index contributed by atoms with van der Waals surface area (Å²) in [7, 11) is 1.74. The molecule has 1 aromatic carbocycles. The third-order valence-electron chi connectivity index (χ3n) is 3.98. The van der Waals surface area contributed by atoms with Crippen LogP contribution in [0.5, 0.6) is 0 Å². The van der Waals surface area contributed by atoms with Crippen LogP contribution >= 0.6 is 0 Å². The second-order valence-corrected chi connectivity index (χ2v) is 5.67. The van der Waals surface area contributed by atoms with E-state index in [0.717, 1.165) is 5.56 Å². The molecule has 0 bridgehead atoms. The third kappa shape index (κ3) is 3.72. The second-order valence-electron chi connectivity index (χ2n) is 5.67. The molecular formula is C17H21NO3. The van der Waals surface area contributed by atoms with Gasteiger partial charge in [-0.25, -0.2) is 0 Å². The predicted octanol–water partition coefficient (Wildman–Crippen LogP) is 2.62. The minimum Gasteiger partial charge on any atom is -0.481 e. The number of carbonyl (C=O) groups excluding carboxylic acids is 1. The molecule has 0 heterocycles. The number of benzene rings is 1. The van der Waals surface area contributed by atoms with E-state index in [2.05, 4.69) is 0 Å². The second kappa shape index (κ2) is 6.57. The highest BCUT2D eigenvalue weighted by atomic mass is 16.4. The predicted molar refractivity (Wildman–Crippen MR) is 80.6 cm³/mol. The standard InChI is InChI=1S/C17H21NO3/c1-12-7-9-13(10-8-12)11-18(2)16(19)14-5-3-4-6-15(14)17(20)21/h3-4,7-10,14-15H,5-6,11H2,1-2H3,(H,20,21)/t14-,15+/m1/s1. The van der Waals surface area contributed by atoms with Gasteiger partial charge in [-0.1, -0.05) is 42.0 Å².